The third kappa shape index (κ3) is 7.42. The van der Waals surface area contributed by atoms with Crippen molar-refractivity contribution in [3.63, 3.8) is 0 Å². The molecule has 8 fully saturated rings. The van der Waals surface area contributed by atoms with Crippen LogP contribution in [0.3, 0.4) is 0 Å². The molecule has 0 aromatic rings. The van der Waals surface area contributed by atoms with Crippen LogP contribution >= 0.6 is 0 Å². The SMILES string of the molecule is C[C@H]1CC[C@]2(NC1)O[C@H]1C[C@H]3[C@@H]4CC=C5C[C@@H](O[C@@H]6O[C@H](CO)[C@@H](O[C@@H]7O[C@@H](C)[C@H](O)[C@@H](O)[C@H]7O)[C@H](O)[C@H]6O[C@H]6O[C@H](C)[C@@H](O)[C@H](O)[C@H]6O)CC[C@]5(C)[C@H]4CC[C@]3(C)[C@H]1[C@@H]2C. The zero-order chi connectivity index (χ0) is 43.5. The first-order chi connectivity index (χ1) is 28.9. The van der Waals surface area contributed by atoms with E-state index in [4.69, 9.17) is 33.2 Å². The number of nitrogens with one attached hydrogen (secondary N) is 1. The molecule has 16 heteroatoms. The summed E-state index contributed by atoms with van der Waals surface area (Å²) in [5.41, 5.74) is 1.41. The van der Waals surface area contributed by atoms with Gasteiger partial charge in [0, 0.05) is 12.5 Å². The quantitative estimate of drug-likeness (QED) is 0.161. The van der Waals surface area contributed by atoms with Gasteiger partial charge in [-0.2, -0.15) is 0 Å². The maximum atomic E-state index is 12.0. The second-order valence-electron chi connectivity index (χ2n) is 21.2. The van der Waals surface area contributed by atoms with E-state index in [1.807, 2.05) is 0 Å². The molecule has 0 bridgehead atoms. The van der Waals surface area contributed by atoms with Crippen LogP contribution < -0.4 is 5.32 Å². The molecule has 26 atom stereocenters. The third-order valence-electron chi connectivity index (χ3n) is 17.9. The fraction of sp³-hybridized carbons (Fsp3) is 0.956. The number of piperidine rings is 1. The highest BCUT2D eigenvalue weighted by Crippen LogP contribution is 2.70. The fourth-order valence-corrected chi connectivity index (χ4v) is 14.2. The Bertz CT molecular complexity index is 1600. The lowest BCUT2D eigenvalue weighted by molar-refractivity contribution is -0.388. The lowest BCUT2D eigenvalue weighted by atomic mass is 9.47. The van der Waals surface area contributed by atoms with Gasteiger partial charge in [-0.1, -0.05) is 39.3 Å². The molecule has 1 spiro atoms. The molecule has 5 heterocycles. The Labute approximate surface area is 359 Å². The molecular formula is C45H73NO15. The largest absolute Gasteiger partial charge is 0.394 e. The first-order valence-electron chi connectivity index (χ1n) is 23.3. The van der Waals surface area contributed by atoms with Gasteiger partial charge in [-0.05, 0) is 112 Å². The highest BCUT2D eigenvalue weighted by atomic mass is 16.8. The summed E-state index contributed by atoms with van der Waals surface area (Å²) in [5, 5.41) is 89.8. The Hall–Kier alpha value is -0.900. The maximum Gasteiger partial charge on any atom is 0.187 e. The summed E-state index contributed by atoms with van der Waals surface area (Å²) in [7, 11) is 0. The molecule has 16 nitrogen and oxygen atoms in total. The smallest absolute Gasteiger partial charge is 0.187 e. The predicted molar refractivity (Wildman–Crippen MR) is 215 cm³/mol. The van der Waals surface area contributed by atoms with Gasteiger partial charge >= 0.3 is 0 Å². The van der Waals surface area contributed by atoms with Crippen LogP contribution in [0.4, 0.5) is 0 Å². The van der Waals surface area contributed by atoms with E-state index in [-0.39, 0.29) is 22.7 Å². The van der Waals surface area contributed by atoms with Gasteiger partial charge in [0.25, 0.3) is 0 Å². The van der Waals surface area contributed by atoms with Crippen LogP contribution in [-0.4, -0.2) is 164 Å². The maximum absolute atomic E-state index is 12.0. The Morgan fingerprint density at radius 1 is 0.705 bits per heavy atom. The Kier molecular flexibility index (Phi) is 12.4. The van der Waals surface area contributed by atoms with Gasteiger partial charge < -0.3 is 74.0 Å². The van der Waals surface area contributed by atoms with E-state index in [2.05, 4.69) is 39.1 Å². The molecule has 5 saturated heterocycles. The monoisotopic (exact) mass is 867 g/mol. The fourth-order valence-electron chi connectivity index (χ4n) is 14.2. The number of fused-ring (bicyclic) bond motifs is 7. The van der Waals surface area contributed by atoms with E-state index >= 15 is 0 Å². The van der Waals surface area contributed by atoms with Gasteiger partial charge in [0.2, 0.25) is 0 Å². The van der Waals surface area contributed by atoms with Crippen molar-refractivity contribution in [3.8, 4) is 0 Å². The molecule has 5 aliphatic heterocycles. The minimum atomic E-state index is -1.70. The minimum Gasteiger partial charge on any atom is -0.394 e. The number of rotatable bonds is 7. The van der Waals surface area contributed by atoms with Crippen molar-refractivity contribution >= 4 is 0 Å². The molecule has 4 aliphatic carbocycles. The number of aliphatic hydroxyl groups is 8. The zero-order valence-electron chi connectivity index (χ0n) is 36.6. The Morgan fingerprint density at radius 3 is 1.98 bits per heavy atom. The minimum absolute atomic E-state index is 0.00472. The van der Waals surface area contributed by atoms with Crippen LogP contribution in [0.5, 0.6) is 0 Å². The summed E-state index contributed by atoms with van der Waals surface area (Å²) >= 11 is 0. The standard InChI is InChI=1S/C45H73NO15/c1-19-9-14-45(46-17-19)20(2)30-28(61-45)16-27-25-8-7-23-15-24(10-12-43(23,5)26(25)11-13-44(27,30)6)57-42-39(60-41-36(53)34(51)32(49)22(4)56-41)37(54)38(29(18-47)58-42)59-40-35(52)33(50)31(48)21(3)55-40/h7,19-22,24-42,46-54H,8-18H2,1-6H3/t19-,20-,21-,22+,24-,25+,26-,27-,28-,29+,30-,31-,32+,33+,34-,35+,36+,37-,38+,39+,40-,41+,42+,43-,44-,45-/m0/s1. The molecule has 9 N–H and O–H groups in total. The van der Waals surface area contributed by atoms with Crippen molar-refractivity contribution in [2.45, 2.75) is 209 Å². The third-order valence-corrected chi connectivity index (χ3v) is 17.9. The van der Waals surface area contributed by atoms with Crippen LogP contribution in [0.15, 0.2) is 11.6 Å². The molecule has 0 amide bonds. The summed E-state index contributed by atoms with van der Waals surface area (Å²) < 4.78 is 43.7. The van der Waals surface area contributed by atoms with Gasteiger partial charge in [-0.25, -0.2) is 0 Å². The van der Waals surface area contributed by atoms with Crippen molar-refractivity contribution < 1.29 is 74.0 Å². The van der Waals surface area contributed by atoms with Gasteiger partial charge in [-0.3, -0.25) is 5.32 Å². The first kappa shape index (κ1) is 45.3. The lowest BCUT2D eigenvalue weighted by Gasteiger charge is -2.59. The molecule has 3 saturated carbocycles. The summed E-state index contributed by atoms with van der Waals surface area (Å²) in [6, 6.07) is 0. The average Bonchev–Trinajstić information content (AvgIpc) is 3.69. The van der Waals surface area contributed by atoms with Crippen molar-refractivity contribution in [3.05, 3.63) is 11.6 Å². The van der Waals surface area contributed by atoms with Gasteiger partial charge in [0.1, 0.15) is 66.8 Å². The van der Waals surface area contributed by atoms with Gasteiger partial charge in [-0.15, -0.1) is 0 Å². The van der Waals surface area contributed by atoms with Crippen molar-refractivity contribution in [1.29, 1.82) is 0 Å². The van der Waals surface area contributed by atoms with Crippen molar-refractivity contribution in [1.82, 2.24) is 5.32 Å². The predicted octanol–water partition coefficient (Wildman–Crippen LogP) is 0.815. The van der Waals surface area contributed by atoms with E-state index in [0.29, 0.717) is 54.5 Å². The molecule has 348 valence electrons. The summed E-state index contributed by atoms with van der Waals surface area (Å²) in [5.74, 6) is 3.43. The first-order valence-corrected chi connectivity index (χ1v) is 23.3. The second-order valence-corrected chi connectivity index (χ2v) is 21.2. The van der Waals surface area contributed by atoms with Crippen LogP contribution in [0.1, 0.15) is 99.3 Å². The molecular weight excluding hydrogens is 794 g/mol. The number of allylic oxidation sites excluding steroid dienone is 1. The van der Waals surface area contributed by atoms with Crippen LogP contribution in [0.2, 0.25) is 0 Å². The van der Waals surface area contributed by atoms with E-state index in [1.54, 1.807) is 0 Å². The van der Waals surface area contributed by atoms with E-state index < -0.39 is 98.7 Å². The zero-order valence-corrected chi connectivity index (χ0v) is 36.6. The molecule has 0 aromatic carbocycles. The lowest BCUT2D eigenvalue weighted by Crippen LogP contribution is -2.66. The van der Waals surface area contributed by atoms with E-state index in [9.17, 15) is 40.9 Å². The normalized spacial score (nSPS) is 58.4. The summed E-state index contributed by atoms with van der Waals surface area (Å²) in [6.07, 6.45) is -9.93. The summed E-state index contributed by atoms with van der Waals surface area (Å²) in [4.78, 5) is 0. The topological polar surface area (TPSA) is 238 Å². The molecule has 0 aromatic heterocycles. The average molecular weight is 868 g/mol. The van der Waals surface area contributed by atoms with Crippen LogP contribution in [-0.2, 0) is 33.2 Å². The molecule has 9 aliphatic rings. The molecule has 61 heavy (non-hydrogen) atoms. The molecule has 9 rings (SSSR count). The Balaban J connectivity index is 0.916. The highest BCUT2D eigenvalue weighted by molar-refractivity contribution is 5.26. The van der Waals surface area contributed by atoms with Crippen molar-refractivity contribution in [2.75, 3.05) is 13.2 Å². The van der Waals surface area contributed by atoms with Gasteiger partial charge in [0.15, 0.2) is 18.9 Å². The highest BCUT2D eigenvalue weighted by Gasteiger charge is 2.68. The summed E-state index contributed by atoms with van der Waals surface area (Å²) in [6.45, 7) is 13.2. The van der Waals surface area contributed by atoms with E-state index in [1.165, 1.54) is 38.7 Å². The van der Waals surface area contributed by atoms with Crippen LogP contribution in [0.25, 0.3) is 0 Å². The number of hydrogen-bond donors (Lipinski definition) is 9. The number of ether oxygens (including phenoxy) is 7. The van der Waals surface area contributed by atoms with Gasteiger partial charge in [0.05, 0.1) is 31.0 Å². The van der Waals surface area contributed by atoms with Crippen LogP contribution in [0, 0.1) is 46.3 Å². The Morgan fingerprint density at radius 2 is 1.36 bits per heavy atom. The molecule has 0 unspecified atom stereocenters. The van der Waals surface area contributed by atoms with E-state index in [0.717, 1.165) is 32.2 Å². The van der Waals surface area contributed by atoms with Crippen molar-refractivity contribution in [2.24, 2.45) is 46.3 Å². The molecule has 0 radical (unpaired) electrons. The number of aliphatic hydroxyl groups excluding tert-OH is 8. The number of hydrogen-bond acceptors (Lipinski definition) is 16. The second kappa shape index (κ2) is 16.8.